The van der Waals surface area contributed by atoms with E-state index in [9.17, 15) is 4.79 Å². The van der Waals surface area contributed by atoms with E-state index in [4.69, 9.17) is 4.74 Å². The van der Waals surface area contributed by atoms with E-state index < -0.39 is 0 Å². The Morgan fingerprint density at radius 1 is 1.50 bits per heavy atom. The Balaban J connectivity index is 2.38. The predicted molar refractivity (Wildman–Crippen MR) is 52.0 cm³/mol. The SMILES string of the molecule is CCC(=O)Oc1n[nH]c2ccccc12. The Morgan fingerprint density at radius 3 is 3.07 bits per heavy atom. The number of esters is 1. The van der Waals surface area contributed by atoms with Gasteiger partial charge in [0.05, 0.1) is 10.9 Å². The first-order valence-corrected chi connectivity index (χ1v) is 4.45. The maximum atomic E-state index is 11.0. The quantitative estimate of drug-likeness (QED) is 0.735. The Kier molecular flexibility index (Phi) is 2.18. The van der Waals surface area contributed by atoms with Crippen molar-refractivity contribution in [3.05, 3.63) is 24.3 Å². The first kappa shape index (κ1) is 8.74. The number of hydrogen-bond donors (Lipinski definition) is 1. The van der Waals surface area contributed by atoms with Gasteiger partial charge in [-0.3, -0.25) is 9.89 Å². The molecule has 0 aliphatic rings. The number of nitrogens with zero attached hydrogens (tertiary/aromatic N) is 1. The third kappa shape index (κ3) is 1.46. The molecule has 0 aliphatic heterocycles. The fourth-order valence-electron chi connectivity index (χ4n) is 1.20. The third-order valence-electron chi connectivity index (χ3n) is 1.93. The van der Waals surface area contributed by atoms with Gasteiger partial charge in [0.2, 0.25) is 5.88 Å². The van der Waals surface area contributed by atoms with Crippen molar-refractivity contribution in [3.8, 4) is 5.88 Å². The van der Waals surface area contributed by atoms with Crippen molar-refractivity contribution in [1.29, 1.82) is 0 Å². The van der Waals surface area contributed by atoms with Gasteiger partial charge in [-0.1, -0.05) is 19.1 Å². The molecule has 0 fully saturated rings. The molecule has 1 aromatic heterocycles. The number of aromatic amines is 1. The van der Waals surface area contributed by atoms with Gasteiger partial charge in [-0.15, -0.1) is 5.10 Å². The average molecular weight is 190 g/mol. The number of carbonyl (C=O) groups excluding carboxylic acids is 1. The second-order valence-electron chi connectivity index (χ2n) is 2.90. The molecule has 0 radical (unpaired) electrons. The lowest BCUT2D eigenvalue weighted by Crippen LogP contribution is -2.05. The van der Waals surface area contributed by atoms with Crippen LogP contribution in [0, 0.1) is 0 Å². The molecule has 1 N–H and O–H groups in total. The van der Waals surface area contributed by atoms with E-state index in [2.05, 4.69) is 10.2 Å². The number of fused-ring (bicyclic) bond motifs is 1. The second kappa shape index (κ2) is 3.49. The fraction of sp³-hybridized carbons (Fsp3) is 0.200. The van der Waals surface area contributed by atoms with E-state index in [1.807, 2.05) is 24.3 Å². The molecule has 4 heteroatoms. The lowest BCUT2D eigenvalue weighted by atomic mass is 10.2. The van der Waals surface area contributed by atoms with Gasteiger partial charge in [-0.2, -0.15) is 0 Å². The minimum absolute atomic E-state index is 0.276. The van der Waals surface area contributed by atoms with Gasteiger partial charge in [0.15, 0.2) is 0 Å². The Bertz CT molecular complexity index is 462. The number of H-pyrrole nitrogens is 1. The predicted octanol–water partition coefficient (Wildman–Crippen LogP) is 1.88. The van der Waals surface area contributed by atoms with Crippen molar-refractivity contribution in [1.82, 2.24) is 10.2 Å². The highest BCUT2D eigenvalue weighted by Crippen LogP contribution is 2.21. The summed E-state index contributed by atoms with van der Waals surface area (Å²) in [6.07, 6.45) is 0.348. The lowest BCUT2D eigenvalue weighted by Gasteiger charge is -1.97. The molecule has 4 nitrogen and oxygen atoms in total. The number of para-hydroxylation sites is 1. The van der Waals surface area contributed by atoms with Crippen LogP contribution in [0.15, 0.2) is 24.3 Å². The number of aromatic nitrogens is 2. The van der Waals surface area contributed by atoms with E-state index >= 15 is 0 Å². The van der Waals surface area contributed by atoms with Crippen LogP contribution in [-0.2, 0) is 4.79 Å². The Morgan fingerprint density at radius 2 is 2.29 bits per heavy atom. The number of ether oxygens (including phenoxy) is 1. The molecular formula is C10H10N2O2. The second-order valence-corrected chi connectivity index (χ2v) is 2.90. The summed E-state index contributed by atoms with van der Waals surface area (Å²) in [4.78, 5) is 11.0. The zero-order chi connectivity index (χ0) is 9.97. The minimum Gasteiger partial charge on any atom is -0.405 e. The first-order valence-electron chi connectivity index (χ1n) is 4.45. The van der Waals surface area contributed by atoms with Crippen molar-refractivity contribution in [2.75, 3.05) is 0 Å². The molecule has 0 saturated heterocycles. The highest BCUT2D eigenvalue weighted by molar-refractivity contribution is 5.86. The normalized spacial score (nSPS) is 10.4. The number of rotatable bonds is 2. The molecule has 1 heterocycles. The molecule has 0 bridgehead atoms. The zero-order valence-electron chi connectivity index (χ0n) is 7.78. The minimum atomic E-state index is -0.276. The van der Waals surface area contributed by atoms with Crippen LogP contribution in [-0.4, -0.2) is 16.2 Å². The van der Waals surface area contributed by atoms with Gasteiger partial charge < -0.3 is 4.74 Å². The lowest BCUT2D eigenvalue weighted by molar-refractivity contribution is -0.134. The summed E-state index contributed by atoms with van der Waals surface area (Å²) in [7, 11) is 0. The summed E-state index contributed by atoms with van der Waals surface area (Å²) in [5, 5.41) is 7.53. The number of benzene rings is 1. The summed E-state index contributed by atoms with van der Waals surface area (Å²) in [6, 6.07) is 7.51. The van der Waals surface area contributed by atoms with Crippen LogP contribution in [0.2, 0.25) is 0 Å². The van der Waals surface area contributed by atoms with Crippen molar-refractivity contribution >= 4 is 16.9 Å². The number of carbonyl (C=O) groups is 1. The number of hydrogen-bond acceptors (Lipinski definition) is 3. The molecule has 0 saturated carbocycles. The summed E-state index contributed by atoms with van der Waals surface area (Å²) >= 11 is 0. The van der Waals surface area contributed by atoms with Crippen LogP contribution in [0.4, 0.5) is 0 Å². The average Bonchev–Trinajstić information content (AvgIpc) is 2.62. The maximum absolute atomic E-state index is 11.0. The van der Waals surface area contributed by atoms with Crippen molar-refractivity contribution in [3.63, 3.8) is 0 Å². The Labute approximate surface area is 80.9 Å². The summed E-state index contributed by atoms with van der Waals surface area (Å²) in [5.41, 5.74) is 0.867. The zero-order valence-corrected chi connectivity index (χ0v) is 7.78. The van der Waals surface area contributed by atoms with Crippen LogP contribution in [0.3, 0.4) is 0 Å². The summed E-state index contributed by atoms with van der Waals surface area (Å²) < 4.78 is 5.04. The molecule has 2 aromatic rings. The van der Waals surface area contributed by atoms with Crippen LogP contribution in [0.1, 0.15) is 13.3 Å². The van der Waals surface area contributed by atoms with Crippen molar-refractivity contribution < 1.29 is 9.53 Å². The van der Waals surface area contributed by atoms with E-state index in [0.717, 1.165) is 10.9 Å². The van der Waals surface area contributed by atoms with Gasteiger partial charge in [0.1, 0.15) is 0 Å². The molecule has 14 heavy (non-hydrogen) atoms. The molecule has 0 unspecified atom stereocenters. The van der Waals surface area contributed by atoms with Gasteiger partial charge in [0, 0.05) is 6.42 Å². The molecule has 2 rings (SSSR count). The van der Waals surface area contributed by atoms with Gasteiger partial charge in [0.25, 0.3) is 0 Å². The Hall–Kier alpha value is -1.84. The molecule has 0 atom stereocenters. The first-order chi connectivity index (χ1) is 6.81. The van der Waals surface area contributed by atoms with Crippen LogP contribution in [0.25, 0.3) is 10.9 Å². The van der Waals surface area contributed by atoms with Crippen molar-refractivity contribution in [2.45, 2.75) is 13.3 Å². The molecular weight excluding hydrogens is 180 g/mol. The highest BCUT2D eigenvalue weighted by atomic mass is 16.5. The molecule has 72 valence electrons. The van der Waals surface area contributed by atoms with Gasteiger partial charge >= 0.3 is 5.97 Å². The third-order valence-corrected chi connectivity index (χ3v) is 1.93. The van der Waals surface area contributed by atoms with E-state index in [-0.39, 0.29) is 5.97 Å². The van der Waals surface area contributed by atoms with Gasteiger partial charge in [-0.05, 0) is 12.1 Å². The number of nitrogens with one attached hydrogen (secondary N) is 1. The van der Waals surface area contributed by atoms with Gasteiger partial charge in [-0.25, -0.2) is 0 Å². The maximum Gasteiger partial charge on any atom is 0.312 e. The summed E-state index contributed by atoms with van der Waals surface area (Å²) in [6.45, 7) is 1.75. The van der Waals surface area contributed by atoms with Crippen LogP contribution >= 0.6 is 0 Å². The standard InChI is InChI=1S/C10H10N2O2/c1-2-9(13)14-10-7-5-3-4-6-8(7)11-12-10/h3-6H,2H2,1H3,(H,11,12). The van der Waals surface area contributed by atoms with Crippen molar-refractivity contribution in [2.24, 2.45) is 0 Å². The monoisotopic (exact) mass is 190 g/mol. The molecule has 0 aliphatic carbocycles. The molecule has 0 spiro atoms. The van der Waals surface area contributed by atoms with E-state index in [1.165, 1.54) is 0 Å². The van der Waals surface area contributed by atoms with E-state index in [1.54, 1.807) is 6.92 Å². The summed E-state index contributed by atoms with van der Waals surface area (Å²) in [5.74, 6) is 0.0784. The fourth-order valence-corrected chi connectivity index (χ4v) is 1.20. The largest absolute Gasteiger partial charge is 0.405 e. The molecule has 1 aromatic carbocycles. The molecule has 0 amide bonds. The van der Waals surface area contributed by atoms with Crippen LogP contribution in [0.5, 0.6) is 5.88 Å². The van der Waals surface area contributed by atoms with Crippen LogP contribution < -0.4 is 4.74 Å². The smallest absolute Gasteiger partial charge is 0.312 e. The van der Waals surface area contributed by atoms with E-state index in [0.29, 0.717) is 12.3 Å². The highest BCUT2D eigenvalue weighted by Gasteiger charge is 2.08. The topological polar surface area (TPSA) is 55.0 Å².